The van der Waals surface area contributed by atoms with Gasteiger partial charge >= 0.3 is 0 Å². The molecule has 0 saturated heterocycles. The van der Waals surface area contributed by atoms with Crippen molar-refractivity contribution in [2.45, 2.75) is 52.4 Å². The molecular weight excluding hydrogens is 412 g/mol. The van der Waals surface area contributed by atoms with Crippen molar-refractivity contribution in [2.75, 3.05) is 13.2 Å². The molecule has 0 fully saturated rings. The van der Waals surface area contributed by atoms with Crippen LogP contribution in [0.5, 0.6) is 11.6 Å². The molecule has 5 nitrogen and oxygen atoms in total. The number of pyridine rings is 1. The summed E-state index contributed by atoms with van der Waals surface area (Å²) in [5.41, 5.74) is 1.51. The zero-order chi connectivity index (χ0) is 22.8. The number of halogens is 2. The Hall–Kier alpha value is -3.09. The maximum absolute atomic E-state index is 14.4. The first-order valence-electron chi connectivity index (χ1n) is 11.2. The first-order valence-corrected chi connectivity index (χ1v) is 11.2. The molecule has 2 aromatic heterocycles. The first kappa shape index (κ1) is 23.6. The van der Waals surface area contributed by atoms with Crippen LogP contribution in [0.3, 0.4) is 0 Å². The molecule has 0 aliphatic rings. The van der Waals surface area contributed by atoms with Crippen molar-refractivity contribution in [1.29, 1.82) is 0 Å². The summed E-state index contributed by atoms with van der Waals surface area (Å²) in [6, 6.07) is 6.47. The Morgan fingerprint density at radius 2 is 1.44 bits per heavy atom. The van der Waals surface area contributed by atoms with Crippen LogP contribution in [-0.2, 0) is 0 Å². The summed E-state index contributed by atoms with van der Waals surface area (Å²) in [5, 5.41) is 0. The Labute approximate surface area is 187 Å². The molecule has 0 unspecified atom stereocenters. The minimum Gasteiger partial charge on any atom is -0.491 e. The third kappa shape index (κ3) is 6.22. The van der Waals surface area contributed by atoms with E-state index in [1.807, 2.05) is 12.1 Å². The Morgan fingerprint density at radius 3 is 2.12 bits per heavy atom. The van der Waals surface area contributed by atoms with Crippen molar-refractivity contribution in [3.8, 4) is 34.1 Å². The predicted octanol–water partition coefficient (Wildman–Crippen LogP) is 6.62. The summed E-state index contributed by atoms with van der Waals surface area (Å²) in [4.78, 5) is 12.7. The highest BCUT2D eigenvalue weighted by molar-refractivity contribution is 5.64. The van der Waals surface area contributed by atoms with Crippen LogP contribution in [0.25, 0.3) is 22.5 Å². The van der Waals surface area contributed by atoms with E-state index in [9.17, 15) is 8.78 Å². The van der Waals surface area contributed by atoms with Crippen LogP contribution in [-0.4, -0.2) is 28.2 Å². The molecule has 1 aromatic carbocycles. The number of unbranched alkanes of at least 4 members (excludes halogenated alkanes) is 5. The predicted molar refractivity (Wildman–Crippen MR) is 121 cm³/mol. The van der Waals surface area contributed by atoms with Gasteiger partial charge in [-0.25, -0.2) is 19.3 Å². The lowest BCUT2D eigenvalue weighted by atomic mass is 10.1. The van der Waals surface area contributed by atoms with Crippen LogP contribution >= 0.6 is 0 Å². The molecule has 0 aliphatic carbocycles. The third-order valence-corrected chi connectivity index (χ3v) is 5.06. The Kier molecular flexibility index (Phi) is 8.90. The number of benzene rings is 1. The fourth-order valence-corrected chi connectivity index (χ4v) is 3.28. The van der Waals surface area contributed by atoms with Gasteiger partial charge in [-0.05, 0) is 31.5 Å². The van der Waals surface area contributed by atoms with E-state index in [-0.39, 0.29) is 23.7 Å². The van der Waals surface area contributed by atoms with Crippen molar-refractivity contribution in [1.82, 2.24) is 15.0 Å². The molecule has 0 spiro atoms. The van der Waals surface area contributed by atoms with E-state index in [0.717, 1.165) is 17.5 Å². The molecule has 0 amide bonds. The summed E-state index contributed by atoms with van der Waals surface area (Å²) in [6.45, 7) is 4.82. The molecule has 0 N–H and O–H groups in total. The van der Waals surface area contributed by atoms with Crippen LogP contribution in [0.1, 0.15) is 52.4 Å². The van der Waals surface area contributed by atoms with Crippen LogP contribution < -0.4 is 9.47 Å². The van der Waals surface area contributed by atoms with Gasteiger partial charge in [0.1, 0.15) is 0 Å². The number of rotatable bonds is 12. The van der Waals surface area contributed by atoms with Gasteiger partial charge in [0.25, 0.3) is 0 Å². The SMILES string of the molecule is CCCCCCCCOc1ccc(-c2cnc(-c3ccc(OCC)c(F)c3F)nc2)cn1. The third-order valence-electron chi connectivity index (χ3n) is 5.06. The number of aromatic nitrogens is 3. The molecule has 0 bridgehead atoms. The van der Waals surface area contributed by atoms with E-state index in [2.05, 4.69) is 21.9 Å². The van der Waals surface area contributed by atoms with E-state index in [1.54, 1.807) is 25.5 Å². The van der Waals surface area contributed by atoms with Crippen molar-refractivity contribution < 1.29 is 18.3 Å². The molecule has 0 radical (unpaired) electrons. The molecular formula is C25H29F2N3O2. The Bertz CT molecular complexity index is 980. The number of hydrogen-bond donors (Lipinski definition) is 0. The highest BCUT2D eigenvalue weighted by Crippen LogP contribution is 2.28. The van der Waals surface area contributed by atoms with Gasteiger partial charge in [0.15, 0.2) is 17.4 Å². The van der Waals surface area contributed by atoms with Crippen LogP contribution in [0.15, 0.2) is 42.9 Å². The first-order chi connectivity index (χ1) is 15.6. The van der Waals surface area contributed by atoms with Gasteiger partial charge in [-0.3, -0.25) is 0 Å². The fraction of sp³-hybridized carbons (Fsp3) is 0.400. The smallest absolute Gasteiger partial charge is 0.213 e. The van der Waals surface area contributed by atoms with Crippen molar-refractivity contribution in [3.05, 3.63) is 54.5 Å². The van der Waals surface area contributed by atoms with E-state index < -0.39 is 11.6 Å². The van der Waals surface area contributed by atoms with Crippen molar-refractivity contribution >= 4 is 0 Å². The quantitative estimate of drug-likeness (QED) is 0.296. The van der Waals surface area contributed by atoms with Crippen LogP contribution in [0.2, 0.25) is 0 Å². The zero-order valence-electron chi connectivity index (χ0n) is 18.6. The largest absolute Gasteiger partial charge is 0.491 e. The molecule has 0 aliphatic heterocycles. The summed E-state index contributed by atoms with van der Waals surface area (Å²) in [6.07, 6.45) is 12.1. The van der Waals surface area contributed by atoms with Gasteiger partial charge in [0, 0.05) is 35.8 Å². The lowest BCUT2D eigenvalue weighted by Gasteiger charge is -2.09. The second-order valence-corrected chi connectivity index (χ2v) is 7.47. The van der Waals surface area contributed by atoms with Gasteiger partial charge in [-0.2, -0.15) is 4.39 Å². The topological polar surface area (TPSA) is 57.1 Å². The second kappa shape index (κ2) is 12.1. The average molecular weight is 442 g/mol. The maximum Gasteiger partial charge on any atom is 0.213 e. The molecule has 3 rings (SSSR count). The normalized spacial score (nSPS) is 10.9. The Balaban J connectivity index is 1.59. The fourth-order valence-electron chi connectivity index (χ4n) is 3.28. The van der Waals surface area contributed by atoms with Crippen LogP contribution in [0.4, 0.5) is 8.78 Å². The van der Waals surface area contributed by atoms with Gasteiger partial charge in [0.05, 0.1) is 18.8 Å². The van der Waals surface area contributed by atoms with E-state index in [1.165, 1.54) is 44.2 Å². The summed E-state index contributed by atoms with van der Waals surface area (Å²) >= 11 is 0. The zero-order valence-corrected chi connectivity index (χ0v) is 18.6. The monoisotopic (exact) mass is 441 g/mol. The molecule has 3 aromatic rings. The summed E-state index contributed by atoms with van der Waals surface area (Å²) in [5.74, 6) is -1.53. The van der Waals surface area contributed by atoms with Crippen molar-refractivity contribution in [3.63, 3.8) is 0 Å². The lowest BCUT2D eigenvalue weighted by Crippen LogP contribution is -2.00. The lowest BCUT2D eigenvalue weighted by molar-refractivity contribution is 0.293. The van der Waals surface area contributed by atoms with Gasteiger partial charge in [0.2, 0.25) is 11.7 Å². The molecule has 170 valence electrons. The molecule has 2 heterocycles. The Morgan fingerprint density at radius 1 is 0.719 bits per heavy atom. The van der Waals surface area contributed by atoms with E-state index in [0.29, 0.717) is 12.5 Å². The highest BCUT2D eigenvalue weighted by Gasteiger charge is 2.17. The van der Waals surface area contributed by atoms with Gasteiger partial charge < -0.3 is 9.47 Å². The number of nitrogens with zero attached hydrogens (tertiary/aromatic N) is 3. The molecule has 0 saturated carbocycles. The number of ether oxygens (including phenoxy) is 2. The standard InChI is InChI=1S/C25H29F2N3O2/c1-3-5-6-7-8-9-14-32-22-13-10-18(15-28-22)19-16-29-25(30-17-19)20-11-12-21(31-4-2)24(27)23(20)26/h10-13,15-17H,3-9,14H2,1-2H3. The second-order valence-electron chi connectivity index (χ2n) is 7.47. The highest BCUT2D eigenvalue weighted by atomic mass is 19.2. The van der Waals surface area contributed by atoms with E-state index in [4.69, 9.17) is 9.47 Å². The molecule has 0 atom stereocenters. The molecule has 7 heteroatoms. The summed E-state index contributed by atoms with van der Waals surface area (Å²) < 4.78 is 39.3. The summed E-state index contributed by atoms with van der Waals surface area (Å²) in [7, 11) is 0. The van der Waals surface area contributed by atoms with Gasteiger partial charge in [-0.1, -0.05) is 39.0 Å². The minimum atomic E-state index is -1.04. The van der Waals surface area contributed by atoms with Crippen LogP contribution in [0, 0.1) is 11.6 Å². The number of hydrogen-bond acceptors (Lipinski definition) is 5. The van der Waals surface area contributed by atoms with Crippen molar-refractivity contribution in [2.24, 2.45) is 0 Å². The minimum absolute atomic E-state index is 0.0194. The van der Waals surface area contributed by atoms with Gasteiger partial charge in [-0.15, -0.1) is 0 Å². The average Bonchev–Trinajstić information content (AvgIpc) is 2.82. The van der Waals surface area contributed by atoms with E-state index >= 15 is 0 Å². The molecule has 32 heavy (non-hydrogen) atoms. The maximum atomic E-state index is 14.4.